The number of rotatable bonds is 6. The first-order valence-corrected chi connectivity index (χ1v) is 10.5. The number of piperidine rings is 1. The van der Waals surface area contributed by atoms with E-state index in [4.69, 9.17) is 0 Å². The van der Waals surface area contributed by atoms with Crippen LogP contribution >= 0.6 is 27.3 Å². The average molecular weight is 395 g/mol. The van der Waals surface area contributed by atoms with Crippen LogP contribution in [-0.2, 0) is 16.6 Å². The molecule has 1 aliphatic heterocycles. The fourth-order valence-electron chi connectivity index (χ4n) is 2.63. The van der Waals surface area contributed by atoms with Crippen molar-refractivity contribution in [3.63, 3.8) is 0 Å². The molecule has 0 spiro atoms. The van der Waals surface area contributed by atoms with E-state index in [-0.39, 0.29) is 0 Å². The number of nitrogens with zero attached hydrogens (tertiary/aromatic N) is 1. The van der Waals surface area contributed by atoms with E-state index in [9.17, 15) is 8.42 Å². The summed E-state index contributed by atoms with van der Waals surface area (Å²) in [5.41, 5.74) is 0. The molecule has 2 heterocycles. The largest absolute Gasteiger partial charge is 0.312 e. The topological polar surface area (TPSA) is 49.4 Å². The number of thiophene rings is 1. The number of sulfonamides is 1. The molecule has 1 atom stereocenters. The third-order valence-corrected chi connectivity index (χ3v) is 8.05. The van der Waals surface area contributed by atoms with Crippen LogP contribution in [0.5, 0.6) is 0 Å². The fourth-order valence-corrected chi connectivity index (χ4v) is 6.78. The second kappa shape index (κ2) is 7.55. The third kappa shape index (κ3) is 4.07. The summed E-state index contributed by atoms with van der Waals surface area (Å²) in [5.74, 6) is 0.493. The second-order valence-electron chi connectivity index (χ2n) is 5.41. The predicted octanol–water partition coefficient (Wildman–Crippen LogP) is 3.43. The van der Waals surface area contributed by atoms with Crippen LogP contribution in [0, 0.1) is 5.92 Å². The molecule has 7 heteroatoms. The Bertz CT molecular complexity index is 572. The number of hydrogen-bond donors (Lipinski definition) is 1. The van der Waals surface area contributed by atoms with Crippen molar-refractivity contribution in [2.75, 3.05) is 19.6 Å². The average Bonchev–Trinajstić information content (AvgIpc) is 2.87. The van der Waals surface area contributed by atoms with E-state index < -0.39 is 10.0 Å². The number of halogens is 1. The van der Waals surface area contributed by atoms with Gasteiger partial charge in [0.15, 0.2) is 0 Å². The Kier molecular flexibility index (Phi) is 6.25. The van der Waals surface area contributed by atoms with Gasteiger partial charge in [0.1, 0.15) is 4.90 Å². The first kappa shape index (κ1) is 17.4. The maximum absolute atomic E-state index is 12.8. The maximum atomic E-state index is 12.8. The van der Waals surface area contributed by atoms with Gasteiger partial charge in [0, 0.05) is 24.5 Å². The van der Waals surface area contributed by atoms with Crippen LogP contribution in [0.3, 0.4) is 0 Å². The van der Waals surface area contributed by atoms with E-state index in [0.29, 0.717) is 34.2 Å². The van der Waals surface area contributed by atoms with Crippen LogP contribution in [0.25, 0.3) is 0 Å². The normalized spacial score (nSPS) is 20.8. The lowest BCUT2D eigenvalue weighted by Crippen LogP contribution is -2.39. The first-order valence-electron chi connectivity index (χ1n) is 7.48. The molecule has 21 heavy (non-hydrogen) atoms. The minimum Gasteiger partial charge on any atom is -0.312 e. The summed E-state index contributed by atoms with van der Waals surface area (Å²) < 4.78 is 28.1. The zero-order valence-corrected chi connectivity index (χ0v) is 15.8. The predicted molar refractivity (Wildman–Crippen MR) is 91.2 cm³/mol. The lowest BCUT2D eigenvalue weighted by Gasteiger charge is -2.31. The molecule has 2 rings (SSSR count). The van der Waals surface area contributed by atoms with E-state index in [1.54, 1.807) is 4.31 Å². The van der Waals surface area contributed by atoms with Gasteiger partial charge in [0.05, 0.1) is 3.79 Å². The summed E-state index contributed by atoms with van der Waals surface area (Å²) in [6, 6.07) is 1.81. The third-order valence-electron chi connectivity index (χ3n) is 3.93. The zero-order chi connectivity index (χ0) is 15.5. The molecule has 1 aromatic heterocycles. The highest BCUT2D eigenvalue weighted by atomic mass is 79.9. The fraction of sp³-hybridized carbons (Fsp3) is 0.714. The summed E-state index contributed by atoms with van der Waals surface area (Å²) in [6.45, 7) is 7.07. The van der Waals surface area contributed by atoms with E-state index in [1.165, 1.54) is 11.3 Å². The molecule has 1 saturated heterocycles. The van der Waals surface area contributed by atoms with Gasteiger partial charge in [0.25, 0.3) is 0 Å². The molecule has 4 nitrogen and oxygen atoms in total. The Morgan fingerprint density at radius 1 is 1.48 bits per heavy atom. The second-order valence-corrected chi connectivity index (χ2v) is 9.77. The lowest BCUT2D eigenvalue weighted by atomic mass is 9.97. The summed E-state index contributed by atoms with van der Waals surface area (Å²) in [7, 11) is -3.37. The Morgan fingerprint density at radius 2 is 2.24 bits per heavy atom. The molecular weight excluding hydrogens is 372 g/mol. The maximum Gasteiger partial charge on any atom is 0.245 e. The van der Waals surface area contributed by atoms with Gasteiger partial charge < -0.3 is 5.32 Å². The minimum atomic E-state index is -3.37. The van der Waals surface area contributed by atoms with Crippen LogP contribution in [0.1, 0.15) is 38.0 Å². The van der Waals surface area contributed by atoms with Crippen molar-refractivity contribution < 1.29 is 8.42 Å². The van der Waals surface area contributed by atoms with Crippen molar-refractivity contribution >= 4 is 37.3 Å². The van der Waals surface area contributed by atoms with E-state index in [1.807, 2.05) is 13.0 Å². The van der Waals surface area contributed by atoms with Crippen molar-refractivity contribution in [1.29, 1.82) is 0 Å². The van der Waals surface area contributed by atoms with Crippen LogP contribution in [-0.4, -0.2) is 32.4 Å². The SMILES string of the molecule is CCNCc1cc(S(=O)(=O)N2CCCC(CC)C2)c(Br)s1. The molecule has 0 bridgehead atoms. The quantitative estimate of drug-likeness (QED) is 0.803. The molecule has 1 aromatic rings. The molecule has 0 aliphatic carbocycles. The smallest absolute Gasteiger partial charge is 0.245 e. The Labute approximate surface area is 140 Å². The van der Waals surface area contributed by atoms with Crippen molar-refractivity contribution in [2.45, 2.75) is 44.6 Å². The van der Waals surface area contributed by atoms with Gasteiger partial charge in [0.2, 0.25) is 10.0 Å². The van der Waals surface area contributed by atoms with Gasteiger partial charge >= 0.3 is 0 Å². The van der Waals surface area contributed by atoms with E-state index in [0.717, 1.165) is 30.7 Å². The molecule has 1 N–H and O–H groups in total. The summed E-state index contributed by atoms with van der Waals surface area (Å²) >= 11 is 4.93. The molecule has 120 valence electrons. The van der Waals surface area contributed by atoms with Gasteiger partial charge in [-0.1, -0.05) is 20.3 Å². The van der Waals surface area contributed by atoms with Gasteiger partial charge in [-0.15, -0.1) is 11.3 Å². The van der Waals surface area contributed by atoms with Crippen LogP contribution in [0.4, 0.5) is 0 Å². The molecule has 1 unspecified atom stereocenters. The van der Waals surface area contributed by atoms with Crippen LogP contribution in [0.15, 0.2) is 14.7 Å². The molecule has 0 amide bonds. The van der Waals surface area contributed by atoms with Crippen molar-refractivity contribution in [3.8, 4) is 0 Å². The van der Waals surface area contributed by atoms with Gasteiger partial charge in [-0.3, -0.25) is 0 Å². The van der Waals surface area contributed by atoms with Crippen molar-refractivity contribution in [1.82, 2.24) is 9.62 Å². The van der Waals surface area contributed by atoms with Gasteiger partial charge in [-0.2, -0.15) is 4.31 Å². The van der Waals surface area contributed by atoms with E-state index >= 15 is 0 Å². The standard InChI is InChI=1S/C14H23BrN2O2S2/c1-3-11-6-5-7-17(10-11)21(18,19)13-8-12(9-16-4-2)20-14(13)15/h8,11,16H,3-7,9-10H2,1-2H3. The highest BCUT2D eigenvalue weighted by Crippen LogP contribution is 2.35. The summed E-state index contributed by atoms with van der Waals surface area (Å²) in [6.07, 6.45) is 3.14. The molecule has 1 fully saturated rings. The Morgan fingerprint density at radius 3 is 2.90 bits per heavy atom. The minimum absolute atomic E-state index is 0.428. The van der Waals surface area contributed by atoms with Crippen molar-refractivity contribution in [3.05, 3.63) is 14.7 Å². The van der Waals surface area contributed by atoms with Crippen LogP contribution < -0.4 is 5.32 Å². The summed E-state index contributed by atoms with van der Waals surface area (Å²) in [4.78, 5) is 1.48. The first-order chi connectivity index (χ1) is 9.98. The molecule has 0 radical (unpaired) electrons. The van der Waals surface area contributed by atoms with E-state index in [2.05, 4.69) is 28.2 Å². The molecule has 1 aliphatic rings. The Hall–Kier alpha value is 0.0500. The molecular formula is C14H23BrN2O2S2. The highest BCUT2D eigenvalue weighted by molar-refractivity contribution is 9.11. The number of hydrogen-bond acceptors (Lipinski definition) is 4. The monoisotopic (exact) mass is 394 g/mol. The lowest BCUT2D eigenvalue weighted by molar-refractivity contribution is 0.261. The number of nitrogens with one attached hydrogen (secondary N) is 1. The summed E-state index contributed by atoms with van der Waals surface area (Å²) in [5, 5.41) is 3.23. The Balaban J connectivity index is 2.20. The molecule has 0 saturated carbocycles. The van der Waals surface area contributed by atoms with Gasteiger partial charge in [-0.25, -0.2) is 8.42 Å². The zero-order valence-electron chi connectivity index (χ0n) is 12.6. The highest BCUT2D eigenvalue weighted by Gasteiger charge is 2.32. The molecule has 0 aromatic carbocycles. The van der Waals surface area contributed by atoms with Gasteiger partial charge in [-0.05, 0) is 47.3 Å². The van der Waals surface area contributed by atoms with Crippen molar-refractivity contribution in [2.24, 2.45) is 5.92 Å². The van der Waals surface area contributed by atoms with Crippen LogP contribution in [0.2, 0.25) is 0 Å².